The van der Waals surface area contributed by atoms with Crippen molar-refractivity contribution in [1.82, 2.24) is 5.32 Å². The highest BCUT2D eigenvalue weighted by Crippen LogP contribution is 2.19. The molecule has 0 saturated carbocycles. The Bertz CT molecular complexity index is 401. The zero-order valence-electron chi connectivity index (χ0n) is 11.2. The van der Waals surface area contributed by atoms with Crippen LogP contribution in [-0.4, -0.2) is 19.1 Å². The predicted octanol–water partition coefficient (Wildman–Crippen LogP) is 2.52. The molecule has 94 valence electrons. The van der Waals surface area contributed by atoms with E-state index in [0.29, 0.717) is 0 Å². The third kappa shape index (κ3) is 3.56. The molecule has 0 spiro atoms. The summed E-state index contributed by atoms with van der Waals surface area (Å²) in [7, 11) is 1.41. The number of nitrogens with one attached hydrogen (secondary N) is 1. The number of methoxy groups -OCH3 is 1. The molecule has 1 aromatic rings. The van der Waals surface area contributed by atoms with Gasteiger partial charge in [-0.05, 0) is 38.8 Å². The number of carbonyl (C=O) groups is 1. The van der Waals surface area contributed by atoms with Crippen molar-refractivity contribution in [2.24, 2.45) is 0 Å². The Balaban J connectivity index is 2.76. The minimum Gasteiger partial charge on any atom is -0.468 e. The van der Waals surface area contributed by atoms with Crippen LogP contribution in [0.15, 0.2) is 18.2 Å². The maximum atomic E-state index is 11.3. The second-order valence-corrected chi connectivity index (χ2v) is 4.49. The molecule has 0 aliphatic rings. The number of benzene rings is 1. The maximum Gasteiger partial charge on any atom is 0.322 e. The summed E-state index contributed by atoms with van der Waals surface area (Å²) in [4.78, 5) is 11.3. The first-order valence-electron chi connectivity index (χ1n) is 5.86. The van der Waals surface area contributed by atoms with E-state index < -0.39 is 0 Å². The summed E-state index contributed by atoms with van der Waals surface area (Å²) in [5.74, 6) is -0.235. The molecule has 0 bridgehead atoms. The minimum absolute atomic E-state index is 0.129. The van der Waals surface area contributed by atoms with Crippen LogP contribution in [0, 0.1) is 13.8 Å². The molecule has 2 unspecified atom stereocenters. The van der Waals surface area contributed by atoms with Crippen molar-refractivity contribution in [3.63, 3.8) is 0 Å². The standard InChI is InChI=1S/C14H21NO2/c1-9-6-7-13(10(2)8-9)11(3)15-12(4)14(16)17-5/h6-8,11-12,15H,1-5H3. The van der Waals surface area contributed by atoms with Crippen molar-refractivity contribution in [2.75, 3.05) is 7.11 Å². The van der Waals surface area contributed by atoms with Gasteiger partial charge in [-0.25, -0.2) is 0 Å². The van der Waals surface area contributed by atoms with Gasteiger partial charge in [0.1, 0.15) is 6.04 Å². The van der Waals surface area contributed by atoms with Crippen LogP contribution in [0.1, 0.15) is 36.6 Å². The Morgan fingerprint density at radius 2 is 1.94 bits per heavy atom. The van der Waals surface area contributed by atoms with Gasteiger partial charge in [0, 0.05) is 6.04 Å². The molecule has 0 aromatic heterocycles. The minimum atomic E-state index is -0.296. The fourth-order valence-electron chi connectivity index (χ4n) is 2.02. The molecule has 0 radical (unpaired) electrons. The van der Waals surface area contributed by atoms with E-state index in [4.69, 9.17) is 4.74 Å². The zero-order valence-corrected chi connectivity index (χ0v) is 11.2. The molecule has 0 aliphatic carbocycles. The predicted molar refractivity (Wildman–Crippen MR) is 68.9 cm³/mol. The average molecular weight is 235 g/mol. The number of hydrogen-bond donors (Lipinski definition) is 1. The van der Waals surface area contributed by atoms with Gasteiger partial charge in [-0.15, -0.1) is 0 Å². The van der Waals surface area contributed by atoms with Gasteiger partial charge in [-0.2, -0.15) is 0 Å². The third-order valence-corrected chi connectivity index (χ3v) is 2.95. The lowest BCUT2D eigenvalue weighted by atomic mass is 10.00. The van der Waals surface area contributed by atoms with Gasteiger partial charge in [-0.3, -0.25) is 10.1 Å². The lowest BCUT2D eigenvalue weighted by molar-refractivity contribution is -0.142. The summed E-state index contributed by atoms with van der Waals surface area (Å²) in [6.07, 6.45) is 0. The van der Waals surface area contributed by atoms with Gasteiger partial charge in [0.15, 0.2) is 0 Å². The topological polar surface area (TPSA) is 38.3 Å². The van der Waals surface area contributed by atoms with E-state index in [0.717, 1.165) is 0 Å². The number of ether oxygens (including phenoxy) is 1. The van der Waals surface area contributed by atoms with E-state index in [1.165, 1.54) is 23.8 Å². The maximum absolute atomic E-state index is 11.3. The van der Waals surface area contributed by atoms with Crippen LogP contribution < -0.4 is 5.32 Å². The van der Waals surface area contributed by atoms with Crippen molar-refractivity contribution in [3.8, 4) is 0 Å². The third-order valence-electron chi connectivity index (χ3n) is 2.95. The number of esters is 1. The van der Waals surface area contributed by atoms with Gasteiger partial charge >= 0.3 is 5.97 Å². The highest BCUT2D eigenvalue weighted by Gasteiger charge is 2.17. The fourth-order valence-corrected chi connectivity index (χ4v) is 2.02. The van der Waals surface area contributed by atoms with Crippen LogP contribution in [0.2, 0.25) is 0 Å². The van der Waals surface area contributed by atoms with Crippen molar-refractivity contribution < 1.29 is 9.53 Å². The summed E-state index contributed by atoms with van der Waals surface area (Å²) in [5.41, 5.74) is 3.70. The number of rotatable bonds is 4. The molecule has 0 fully saturated rings. The van der Waals surface area contributed by atoms with E-state index in [1.807, 2.05) is 6.92 Å². The van der Waals surface area contributed by atoms with Crippen LogP contribution in [0.4, 0.5) is 0 Å². The molecular formula is C14H21NO2. The lowest BCUT2D eigenvalue weighted by Gasteiger charge is -2.20. The largest absolute Gasteiger partial charge is 0.468 e. The van der Waals surface area contributed by atoms with Crippen LogP contribution in [0.3, 0.4) is 0 Å². The van der Waals surface area contributed by atoms with Gasteiger partial charge in [-0.1, -0.05) is 23.8 Å². The Labute approximate surface area is 103 Å². The van der Waals surface area contributed by atoms with Gasteiger partial charge < -0.3 is 4.74 Å². The lowest BCUT2D eigenvalue weighted by Crippen LogP contribution is -2.36. The second kappa shape index (κ2) is 5.82. The first-order valence-corrected chi connectivity index (χ1v) is 5.86. The monoisotopic (exact) mass is 235 g/mol. The molecule has 17 heavy (non-hydrogen) atoms. The Kier molecular flexibility index (Phi) is 4.70. The first-order chi connectivity index (χ1) is 7.95. The van der Waals surface area contributed by atoms with Crippen molar-refractivity contribution in [2.45, 2.75) is 39.8 Å². The summed E-state index contributed by atoms with van der Waals surface area (Å²) < 4.78 is 4.70. The van der Waals surface area contributed by atoms with Gasteiger partial charge in [0.05, 0.1) is 7.11 Å². The molecule has 0 saturated heterocycles. The van der Waals surface area contributed by atoms with Crippen LogP contribution in [0.5, 0.6) is 0 Å². The van der Waals surface area contributed by atoms with Crippen LogP contribution in [0.25, 0.3) is 0 Å². The summed E-state index contributed by atoms with van der Waals surface area (Å²) in [5, 5.41) is 3.23. The number of carbonyl (C=O) groups excluding carboxylic acids is 1. The second-order valence-electron chi connectivity index (χ2n) is 4.49. The van der Waals surface area contributed by atoms with E-state index in [-0.39, 0.29) is 18.1 Å². The van der Waals surface area contributed by atoms with Crippen LogP contribution in [-0.2, 0) is 9.53 Å². The number of hydrogen-bond acceptors (Lipinski definition) is 3. The van der Waals surface area contributed by atoms with Crippen molar-refractivity contribution in [3.05, 3.63) is 34.9 Å². The zero-order chi connectivity index (χ0) is 13.0. The molecule has 0 heterocycles. The highest BCUT2D eigenvalue weighted by atomic mass is 16.5. The normalized spacial score (nSPS) is 14.2. The summed E-state index contributed by atoms with van der Waals surface area (Å²) in [6.45, 7) is 8.03. The molecule has 0 aliphatic heterocycles. The molecule has 2 atom stereocenters. The molecular weight excluding hydrogens is 214 g/mol. The SMILES string of the molecule is COC(=O)C(C)NC(C)c1ccc(C)cc1C. The molecule has 0 amide bonds. The first kappa shape index (κ1) is 13.7. The number of aryl methyl sites for hydroxylation is 2. The Hall–Kier alpha value is -1.35. The van der Waals surface area contributed by atoms with E-state index in [9.17, 15) is 4.79 Å². The molecule has 3 nitrogen and oxygen atoms in total. The molecule has 1 aromatic carbocycles. The molecule has 1 rings (SSSR count). The highest BCUT2D eigenvalue weighted by molar-refractivity contribution is 5.75. The smallest absolute Gasteiger partial charge is 0.322 e. The quantitative estimate of drug-likeness (QED) is 0.815. The van der Waals surface area contributed by atoms with Gasteiger partial charge in [0.25, 0.3) is 0 Å². The summed E-state index contributed by atoms with van der Waals surface area (Å²) in [6, 6.07) is 6.17. The molecule has 3 heteroatoms. The van der Waals surface area contributed by atoms with E-state index in [1.54, 1.807) is 0 Å². The fraction of sp³-hybridized carbons (Fsp3) is 0.500. The van der Waals surface area contributed by atoms with E-state index >= 15 is 0 Å². The Morgan fingerprint density at radius 3 is 2.47 bits per heavy atom. The van der Waals surface area contributed by atoms with Crippen molar-refractivity contribution >= 4 is 5.97 Å². The van der Waals surface area contributed by atoms with Gasteiger partial charge in [0.2, 0.25) is 0 Å². The average Bonchev–Trinajstić information content (AvgIpc) is 2.27. The molecule has 1 N–H and O–H groups in total. The summed E-state index contributed by atoms with van der Waals surface area (Å²) >= 11 is 0. The van der Waals surface area contributed by atoms with E-state index in [2.05, 4.69) is 44.3 Å². The van der Waals surface area contributed by atoms with Crippen LogP contribution >= 0.6 is 0 Å². The Morgan fingerprint density at radius 1 is 1.29 bits per heavy atom. The van der Waals surface area contributed by atoms with Crippen molar-refractivity contribution in [1.29, 1.82) is 0 Å².